The van der Waals surface area contributed by atoms with E-state index in [4.69, 9.17) is 21.1 Å². The molecule has 0 radical (unpaired) electrons. The molecule has 0 aliphatic rings. The van der Waals surface area contributed by atoms with Gasteiger partial charge in [-0.2, -0.15) is 5.26 Å². The predicted octanol–water partition coefficient (Wildman–Crippen LogP) is 5.92. The Bertz CT molecular complexity index is 1220. The average Bonchev–Trinajstić information content (AvgIpc) is 2.77. The molecule has 3 aromatic rings. The molecule has 0 saturated heterocycles. The minimum absolute atomic E-state index is 0.0886. The summed E-state index contributed by atoms with van der Waals surface area (Å²) < 4.78 is 24.5. The second-order valence-electron chi connectivity index (χ2n) is 6.89. The number of nitrogens with zero attached hydrogens (tertiary/aromatic N) is 1. The Labute approximate surface area is 190 Å². The van der Waals surface area contributed by atoms with Gasteiger partial charge in [0.1, 0.15) is 24.1 Å². The lowest BCUT2D eigenvalue weighted by Gasteiger charge is -2.14. The number of hydrogen-bond acceptors (Lipinski definition) is 4. The molecule has 162 valence electrons. The number of carbonyl (C=O) groups is 1. The van der Waals surface area contributed by atoms with Crippen molar-refractivity contribution in [2.75, 3.05) is 12.4 Å². The maximum absolute atomic E-state index is 13.4. The molecule has 0 atom stereocenters. The number of hydrogen-bond donors (Lipinski definition) is 1. The monoisotopic (exact) mass is 450 g/mol. The fourth-order valence-electron chi connectivity index (χ4n) is 2.96. The van der Waals surface area contributed by atoms with Gasteiger partial charge in [0.05, 0.1) is 12.1 Å². The van der Waals surface area contributed by atoms with Gasteiger partial charge >= 0.3 is 0 Å². The number of methoxy groups -OCH3 is 1. The number of ether oxygens (including phenoxy) is 2. The zero-order valence-corrected chi connectivity index (χ0v) is 18.2. The van der Waals surface area contributed by atoms with Crippen LogP contribution >= 0.6 is 11.6 Å². The molecular formula is C25H20ClFN2O3. The normalized spacial score (nSPS) is 10.9. The van der Waals surface area contributed by atoms with Gasteiger partial charge in [-0.3, -0.25) is 4.79 Å². The number of amides is 1. The van der Waals surface area contributed by atoms with Gasteiger partial charge in [0.15, 0.2) is 11.5 Å². The number of halogens is 2. The van der Waals surface area contributed by atoms with Crippen LogP contribution in [0.25, 0.3) is 6.08 Å². The molecule has 0 heterocycles. The Morgan fingerprint density at radius 2 is 1.97 bits per heavy atom. The average molecular weight is 451 g/mol. The Balaban J connectivity index is 1.83. The number of nitrogens with one attached hydrogen (secondary N) is 1. The molecule has 3 aromatic carbocycles. The summed E-state index contributed by atoms with van der Waals surface area (Å²) in [7, 11) is 1.45. The summed E-state index contributed by atoms with van der Waals surface area (Å²) in [5, 5.41) is 12.4. The number of rotatable bonds is 7. The third-order valence-electron chi connectivity index (χ3n) is 4.59. The van der Waals surface area contributed by atoms with E-state index >= 15 is 0 Å². The number of anilines is 1. The van der Waals surface area contributed by atoms with Crippen molar-refractivity contribution in [1.82, 2.24) is 0 Å². The van der Waals surface area contributed by atoms with Crippen molar-refractivity contribution >= 4 is 29.3 Å². The number of para-hydroxylation sites is 1. The van der Waals surface area contributed by atoms with E-state index in [2.05, 4.69) is 5.32 Å². The van der Waals surface area contributed by atoms with Crippen LogP contribution in [0.15, 0.2) is 66.2 Å². The van der Waals surface area contributed by atoms with Crippen molar-refractivity contribution in [3.63, 3.8) is 0 Å². The Hall–Kier alpha value is -3.82. The van der Waals surface area contributed by atoms with Crippen molar-refractivity contribution in [3.05, 3.63) is 93.8 Å². The van der Waals surface area contributed by atoms with E-state index in [1.807, 2.05) is 25.1 Å². The molecule has 0 bridgehead atoms. The second-order valence-corrected chi connectivity index (χ2v) is 7.30. The van der Waals surface area contributed by atoms with Crippen molar-refractivity contribution in [3.8, 4) is 17.6 Å². The maximum Gasteiger partial charge on any atom is 0.266 e. The SMILES string of the molecule is COc1cc(/C=C(/C#N)C(=O)Nc2ccccc2C)cc(Cl)c1OCc1cccc(F)c1. The van der Waals surface area contributed by atoms with E-state index in [9.17, 15) is 14.4 Å². The standard InChI is InChI=1S/C25H20ClFN2O3/c1-16-6-3-4-9-22(16)29-25(30)19(14-28)10-18-12-21(26)24(23(13-18)31-2)32-15-17-7-5-8-20(27)11-17/h3-13H,15H2,1-2H3,(H,29,30)/b19-10-. The van der Waals surface area contributed by atoms with Gasteiger partial charge in [-0.25, -0.2) is 4.39 Å². The lowest BCUT2D eigenvalue weighted by molar-refractivity contribution is -0.112. The van der Waals surface area contributed by atoms with Crippen LogP contribution in [-0.2, 0) is 11.4 Å². The van der Waals surface area contributed by atoms with Gasteiger partial charge in [0.2, 0.25) is 0 Å². The molecule has 5 nitrogen and oxygen atoms in total. The molecule has 0 unspecified atom stereocenters. The van der Waals surface area contributed by atoms with Crippen LogP contribution in [0, 0.1) is 24.1 Å². The maximum atomic E-state index is 13.4. The molecule has 1 N–H and O–H groups in total. The summed E-state index contributed by atoms with van der Waals surface area (Å²) in [5.41, 5.74) is 2.52. The highest BCUT2D eigenvalue weighted by Crippen LogP contribution is 2.37. The van der Waals surface area contributed by atoms with Gasteiger partial charge < -0.3 is 14.8 Å². The summed E-state index contributed by atoms with van der Waals surface area (Å²) in [5.74, 6) is -0.309. The summed E-state index contributed by atoms with van der Waals surface area (Å²) in [6.07, 6.45) is 1.42. The first-order valence-corrected chi connectivity index (χ1v) is 10.0. The van der Waals surface area contributed by atoms with Crippen LogP contribution < -0.4 is 14.8 Å². The summed E-state index contributed by atoms with van der Waals surface area (Å²) in [6.45, 7) is 1.95. The van der Waals surface area contributed by atoms with E-state index < -0.39 is 5.91 Å². The second kappa shape index (κ2) is 10.5. The van der Waals surface area contributed by atoms with E-state index in [-0.39, 0.29) is 28.8 Å². The van der Waals surface area contributed by atoms with Crippen molar-refractivity contribution in [1.29, 1.82) is 5.26 Å². The Morgan fingerprint density at radius 1 is 1.19 bits per heavy atom. The summed E-state index contributed by atoms with van der Waals surface area (Å²) in [6, 6.07) is 18.4. The van der Waals surface area contributed by atoms with Crippen LogP contribution in [0.3, 0.4) is 0 Å². The van der Waals surface area contributed by atoms with Crippen LogP contribution in [-0.4, -0.2) is 13.0 Å². The van der Waals surface area contributed by atoms with Crippen molar-refractivity contribution in [2.24, 2.45) is 0 Å². The zero-order chi connectivity index (χ0) is 23.1. The fraction of sp³-hybridized carbons (Fsp3) is 0.120. The minimum Gasteiger partial charge on any atom is -0.493 e. The first kappa shape index (κ1) is 22.9. The molecule has 0 aromatic heterocycles. The largest absolute Gasteiger partial charge is 0.493 e. The molecule has 0 saturated carbocycles. The van der Waals surface area contributed by atoms with E-state index in [0.29, 0.717) is 22.6 Å². The Kier molecular flexibility index (Phi) is 7.48. The lowest BCUT2D eigenvalue weighted by Crippen LogP contribution is -2.14. The summed E-state index contributed by atoms with van der Waals surface area (Å²) in [4.78, 5) is 12.6. The Morgan fingerprint density at radius 3 is 2.66 bits per heavy atom. The zero-order valence-electron chi connectivity index (χ0n) is 17.5. The highest BCUT2D eigenvalue weighted by Gasteiger charge is 2.15. The van der Waals surface area contributed by atoms with Crippen LogP contribution in [0.5, 0.6) is 11.5 Å². The highest BCUT2D eigenvalue weighted by atomic mass is 35.5. The van der Waals surface area contributed by atoms with Gasteiger partial charge in [-0.05, 0) is 60.0 Å². The molecule has 0 aliphatic heterocycles. The smallest absolute Gasteiger partial charge is 0.266 e. The molecule has 0 aliphatic carbocycles. The fourth-order valence-corrected chi connectivity index (χ4v) is 3.24. The highest BCUT2D eigenvalue weighted by molar-refractivity contribution is 6.32. The van der Waals surface area contributed by atoms with E-state index in [0.717, 1.165) is 5.56 Å². The first-order chi connectivity index (χ1) is 15.4. The molecule has 0 fully saturated rings. The molecule has 0 spiro atoms. The van der Waals surface area contributed by atoms with Gasteiger partial charge in [0, 0.05) is 5.69 Å². The molecule has 7 heteroatoms. The number of aryl methyl sites for hydroxylation is 1. The van der Waals surface area contributed by atoms with Crippen LogP contribution in [0.4, 0.5) is 10.1 Å². The van der Waals surface area contributed by atoms with Crippen LogP contribution in [0.2, 0.25) is 5.02 Å². The number of benzene rings is 3. The molecular weight excluding hydrogens is 431 g/mol. The number of nitriles is 1. The third-order valence-corrected chi connectivity index (χ3v) is 4.87. The third kappa shape index (κ3) is 5.65. The van der Waals surface area contributed by atoms with Gasteiger partial charge in [-0.1, -0.05) is 41.9 Å². The van der Waals surface area contributed by atoms with Crippen molar-refractivity contribution in [2.45, 2.75) is 13.5 Å². The van der Waals surface area contributed by atoms with E-state index in [1.54, 1.807) is 36.4 Å². The van der Waals surface area contributed by atoms with Gasteiger partial charge in [0.25, 0.3) is 5.91 Å². The predicted molar refractivity (Wildman–Crippen MR) is 122 cm³/mol. The molecule has 1 amide bonds. The van der Waals surface area contributed by atoms with Crippen LogP contribution in [0.1, 0.15) is 16.7 Å². The molecule has 32 heavy (non-hydrogen) atoms. The minimum atomic E-state index is -0.539. The summed E-state index contributed by atoms with van der Waals surface area (Å²) >= 11 is 6.38. The van der Waals surface area contributed by atoms with Gasteiger partial charge in [-0.15, -0.1) is 0 Å². The van der Waals surface area contributed by atoms with E-state index in [1.165, 1.54) is 25.3 Å². The first-order valence-electron chi connectivity index (χ1n) is 9.65. The lowest BCUT2D eigenvalue weighted by atomic mass is 10.1. The number of carbonyl (C=O) groups excluding carboxylic acids is 1. The quantitative estimate of drug-likeness (QED) is 0.358. The van der Waals surface area contributed by atoms with Crippen molar-refractivity contribution < 1.29 is 18.7 Å². The topological polar surface area (TPSA) is 71.3 Å². The molecule has 3 rings (SSSR count).